The van der Waals surface area contributed by atoms with Crippen LogP contribution in [-0.2, 0) is 18.9 Å². The zero-order chi connectivity index (χ0) is 13.8. The van der Waals surface area contributed by atoms with Gasteiger partial charge in [0.15, 0.2) is 6.29 Å². The van der Waals surface area contributed by atoms with Gasteiger partial charge < -0.3 is 24.7 Å². The fourth-order valence-electron chi connectivity index (χ4n) is 2.59. The Balaban J connectivity index is 2.83. The number of nitrogens with zero attached hydrogens (tertiary/aromatic N) is 1. The Morgan fingerprint density at radius 1 is 1.11 bits per heavy atom. The molecule has 0 aromatic carbocycles. The number of ether oxygens (including phenoxy) is 4. The molecule has 0 aliphatic carbocycles. The smallest absolute Gasteiger partial charge is 0.176 e. The highest BCUT2D eigenvalue weighted by atomic mass is 16.7. The predicted molar refractivity (Wildman–Crippen MR) is 68.4 cm³/mol. The second-order valence-corrected chi connectivity index (χ2v) is 4.82. The third kappa shape index (κ3) is 2.84. The van der Waals surface area contributed by atoms with Gasteiger partial charge in [-0.25, -0.2) is 0 Å². The van der Waals surface area contributed by atoms with Crippen molar-refractivity contribution in [3.63, 3.8) is 0 Å². The number of likely N-dealkylation sites (tertiary alicyclic amines) is 1. The van der Waals surface area contributed by atoms with E-state index in [1.807, 2.05) is 6.92 Å². The average Bonchev–Trinajstić information content (AvgIpc) is 2.83. The van der Waals surface area contributed by atoms with Crippen LogP contribution in [0.5, 0.6) is 0 Å². The minimum absolute atomic E-state index is 0.0511. The summed E-state index contributed by atoms with van der Waals surface area (Å²) in [5, 5.41) is 0. The topological polar surface area (TPSA) is 66.2 Å². The van der Waals surface area contributed by atoms with Gasteiger partial charge in [0.05, 0.1) is 17.7 Å². The molecule has 108 valence electrons. The van der Waals surface area contributed by atoms with Gasteiger partial charge in [-0.15, -0.1) is 0 Å². The number of hydrogen-bond acceptors (Lipinski definition) is 6. The molecule has 0 amide bonds. The van der Waals surface area contributed by atoms with Crippen LogP contribution in [0.1, 0.15) is 6.92 Å². The summed E-state index contributed by atoms with van der Waals surface area (Å²) in [5.41, 5.74) is 5.53. The Bertz CT molecular complexity index is 238. The normalized spacial score (nSPS) is 28.8. The van der Waals surface area contributed by atoms with E-state index in [1.54, 1.807) is 28.4 Å². The van der Waals surface area contributed by atoms with Crippen molar-refractivity contribution in [3.8, 4) is 0 Å². The first-order valence-electron chi connectivity index (χ1n) is 6.13. The van der Waals surface area contributed by atoms with Crippen molar-refractivity contribution < 1.29 is 18.9 Å². The van der Waals surface area contributed by atoms with Crippen molar-refractivity contribution in [2.45, 2.75) is 31.0 Å². The zero-order valence-corrected chi connectivity index (χ0v) is 12.0. The molecule has 3 atom stereocenters. The summed E-state index contributed by atoms with van der Waals surface area (Å²) in [6, 6.07) is 0. The molecule has 1 aliphatic heterocycles. The summed E-state index contributed by atoms with van der Waals surface area (Å²) in [6.45, 7) is 3.99. The molecule has 0 bridgehead atoms. The van der Waals surface area contributed by atoms with Crippen molar-refractivity contribution in [3.05, 3.63) is 0 Å². The second-order valence-electron chi connectivity index (χ2n) is 4.82. The standard InChI is InChI=1S/C12H26N2O4/c1-12(8-13,11(17-4)18-5)14-6-9(15-2)10(7-14)16-3/h9-11H,6-8,13H2,1-5H3. The molecule has 18 heavy (non-hydrogen) atoms. The first-order chi connectivity index (χ1) is 8.57. The van der Waals surface area contributed by atoms with Gasteiger partial charge in [0, 0.05) is 48.1 Å². The van der Waals surface area contributed by atoms with Crippen molar-refractivity contribution in [1.29, 1.82) is 0 Å². The summed E-state index contributed by atoms with van der Waals surface area (Å²) in [4.78, 5) is 2.22. The van der Waals surface area contributed by atoms with Crippen molar-refractivity contribution in [1.82, 2.24) is 4.90 Å². The van der Waals surface area contributed by atoms with Gasteiger partial charge in [-0.3, -0.25) is 4.90 Å². The van der Waals surface area contributed by atoms with Crippen molar-refractivity contribution >= 4 is 0 Å². The van der Waals surface area contributed by atoms with Crippen molar-refractivity contribution in [2.24, 2.45) is 5.73 Å². The first-order valence-corrected chi connectivity index (χ1v) is 6.13. The Morgan fingerprint density at radius 3 is 1.83 bits per heavy atom. The summed E-state index contributed by atoms with van der Waals surface area (Å²) < 4.78 is 21.6. The quantitative estimate of drug-likeness (QED) is 0.634. The Morgan fingerprint density at radius 2 is 1.56 bits per heavy atom. The molecule has 2 N–H and O–H groups in total. The maximum Gasteiger partial charge on any atom is 0.176 e. The summed E-state index contributed by atoms with van der Waals surface area (Å²) in [7, 11) is 6.65. The highest BCUT2D eigenvalue weighted by Gasteiger charge is 2.46. The van der Waals surface area contributed by atoms with E-state index in [9.17, 15) is 0 Å². The van der Waals surface area contributed by atoms with E-state index in [1.165, 1.54) is 0 Å². The second kappa shape index (κ2) is 6.79. The van der Waals surface area contributed by atoms with Crippen LogP contribution in [0.15, 0.2) is 0 Å². The number of methoxy groups -OCH3 is 4. The van der Waals surface area contributed by atoms with Gasteiger partial charge in [0.1, 0.15) is 0 Å². The molecule has 0 saturated carbocycles. The Hall–Kier alpha value is -0.240. The molecule has 1 saturated heterocycles. The van der Waals surface area contributed by atoms with Gasteiger partial charge in [-0.1, -0.05) is 0 Å². The van der Waals surface area contributed by atoms with Crippen LogP contribution in [-0.4, -0.2) is 77.0 Å². The van der Waals surface area contributed by atoms with E-state index in [2.05, 4.69) is 4.90 Å². The van der Waals surface area contributed by atoms with Crippen LogP contribution in [0.25, 0.3) is 0 Å². The van der Waals surface area contributed by atoms with Gasteiger partial charge in [-0.2, -0.15) is 0 Å². The number of rotatable bonds is 7. The highest BCUT2D eigenvalue weighted by Crippen LogP contribution is 2.28. The third-order valence-electron chi connectivity index (χ3n) is 3.89. The molecule has 0 radical (unpaired) electrons. The lowest BCUT2D eigenvalue weighted by molar-refractivity contribution is -0.179. The van der Waals surface area contributed by atoms with Crippen molar-refractivity contribution in [2.75, 3.05) is 48.1 Å². The van der Waals surface area contributed by atoms with Gasteiger partial charge in [0.2, 0.25) is 0 Å². The fraction of sp³-hybridized carbons (Fsp3) is 1.00. The molecule has 1 fully saturated rings. The van der Waals surface area contributed by atoms with Crippen LogP contribution in [0, 0.1) is 0 Å². The van der Waals surface area contributed by atoms with E-state index < -0.39 is 5.54 Å². The SMILES string of the molecule is COC1CN(C(C)(CN)C(OC)OC)CC1OC. The Labute approximate surface area is 109 Å². The van der Waals surface area contributed by atoms with Crippen LogP contribution < -0.4 is 5.73 Å². The van der Waals surface area contributed by atoms with E-state index in [0.717, 1.165) is 13.1 Å². The average molecular weight is 262 g/mol. The van der Waals surface area contributed by atoms with E-state index >= 15 is 0 Å². The van der Waals surface area contributed by atoms with E-state index in [4.69, 9.17) is 24.7 Å². The molecule has 6 nitrogen and oxygen atoms in total. The zero-order valence-electron chi connectivity index (χ0n) is 12.0. The lowest BCUT2D eigenvalue weighted by Gasteiger charge is -2.42. The molecule has 1 rings (SSSR count). The Kier molecular flexibility index (Phi) is 5.97. The van der Waals surface area contributed by atoms with E-state index in [0.29, 0.717) is 6.54 Å². The van der Waals surface area contributed by atoms with Crippen LogP contribution in [0.3, 0.4) is 0 Å². The molecular formula is C12H26N2O4. The molecule has 1 heterocycles. The highest BCUT2D eigenvalue weighted by molar-refractivity contribution is 4.98. The molecule has 0 spiro atoms. The minimum Gasteiger partial charge on any atom is -0.377 e. The first kappa shape index (κ1) is 15.8. The summed E-state index contributed by atoms with van der Waals surface area (Å²) >= 11 is 0. The van der Waals surface area contributed by atoms with Gasteiger partial charge in [0.25, 0.3) is 0 Å². The minimum atomic E-state index is -0.395. The van der Waals surface area contributed by atoms with E-state index in [-0.39, 0.29) is 18.5 Å². The van der Waals surface area contributed by atoms with Crippen LogP contribution in [0.4, 0.5) is 0 Å². The number of hydrogen-bond donors (Lipinski definition) is 1. The maximum absolute atomic E-state index is 5.93. The largest absolute Gasteiger partial charge is 0.377 e. The molecule has 3 unspecified atom stereocenters. The van der Waals surface area contributed by atoms with Crippen LogP contribution in [0.2, 0.25) is 0 Å². The molecule has 6 heteroatoms. The fourth-order valence-corrected chi connectivity index (χ4v) is 2.59. The number of nitrogens with two attached hydrogens (primary N) is 1. The predicted octanol–water partition coefficient (Wildman–Crippen LogP) is -0.332. The monoisotopic (exact) mass is 262 g/mol. The molecular weight excluding hydrogens is 236 g/mol. The van der Waals surface area contributed by atoms with Crippen LogP contribution >= 0.6 is 0 Å². The lowest BCUT2D eigenvalue weighted by atomic mass is 9.99. The van der Waals surface area contributed by atoms with Gasteiger partial charge in [-0.05, 0) is 6.92 Å². The third-order valence-corrected chi connectivity index (χ3v) is 3.89. The molecule has 1 aliphatic rings. The lowest BCUT2D eigenvalue weighted by Crippen LogP contribution is -2.60. The molecule has 0 aromatic heterocycles. The van der Waals surface area contributed by atoms with Gasteiger partial charge >= 0.3 is 0 Å². The summed E-state index contributed by atoms with van der Waals surface area (Å²) in [6.07, 6.45) is -0.277. The molecule has 0 aromatic rings. The summed E-state index contributed by atoms with van der Waals surface area (Å²) in [5.74, 6) is 0. The maximum atomic E-state index is 5.93.